The minimum Gasteiger partial charge on any atom is -0.205 e. The fourth-order valence-corrected chi connectivity index (χ4v) is 1.71. The highest BCUT2D eigenvalue weighted by molar-refractivity contribution is 6.30. The first kappa shape index (κ1) is 11.5. The van der Waals surface area contributed by atoms with Crippen LogP contribution in [0.2, 0.25) is 5.02 Å². The minimum absolute atomic E-state index is 0.108. The number of halogens is 2. The zero-order valence-electron chi connectivity index (χ0n) is 8.90. The van der Waals surface area contributed by atoms with Crippen LogP contribution in [0.5, 0.6) is 0 Å². The van der Waals surface area contributed by atoms with Crippen molar-refractivity contribution in [1.82, 2.24) is 0 Å². The van der Waals surface area contributed by atoms with Crippen LogP contribution >= 0.6 is 11.6 Å². The van der Waals surface area contributed by atoms with E-state index in [1.165, 1.54) is 6.07 Å². The lowest BCUT2D eigenvalue weighted by Crippen LogP contribution is -2.19. The molecule has 0 atom stereocenters. The third-order valence-electron chi connectivity index (χ3n) is 3.18. The average Bonchev–Trinajstić information content (AvgIpc) is 2.21. The van der Waals surface area contributed by atoms with Crippen molar-refractivity contribution in [3.63, 3.8) is 0 Å². The summed E-state index contributed by atoms with van der Waals surface area (Å²) in [5.41, 5.74) is 1.23. The topological polar surface area (TPSA) is 0 Å². The molecule has 1 aromatic carbocycles. The predicted molar refractivity (Wildman–Crippen MR) is 59.3 cm³/mol. The quantitative estimate of drug-likeness (QED) is 0.692. The Bertz CT molecular complexity index is 316. The van der Waals surface area contributed by atoms with Gasteiger partial charge in [-0.05, 0) is 36.0 Å². The molecule has 0 N–H and O–H groups in total. The first-order valence-corrected chi connectivity index (χ1v) is 5.37. The molecule has 0 aromatic heterocycles. The van der Waals surface area contributed by atoms with E-state index < -0.39 is 0 Å². The van der Waals surface area contributed by atoms with Crippen molar-refractivity contribution in [3.05, 3.63) is 34.6 Å². The summed E-state index contributed by atoms with van der Waals surface area (Å²) in [6.07, 6.45) is 2.07. The number of benzene rings is 1. The monoisotopic (exact) mass is 214 g/mol. The average molecular weight is 215 g/mol. The van der Waals surface area contributed by atoms with E-state index in [4.69, 9.17) is 11.6 Å². The van der Waals surface area contributed by atoms with Crippen LogP contribution in [-0.4, -0.2) is 0 Å². The van der Waals surface area contributed by atoms with Crippen molar-refractivity contribution < 1.29 is 4.39 Å². The third kappa shape index (κ3) is 2.09. The molecule has 0 saturated heterocycles. The summed E-state index contributed by atoms with van der Waals surface area (Å²) in [5, 5.41) is 0.218. The largest absolute Gasteiger partial charge is 0.205 e. The van der Waals surface area contributed by atoms with Crippen molar-refractivity contribution in [2.75, 3.05) is 0 Å². The molecule has 0 heterocycles. The molecule has 0 saturated carbocycles. The summed E-state index contributed by atoms with van der Waals surface area (Å²) in [5.74, 6) is -0.343. The molecule has 0 spiro atoms. The lowest BCUT2D eigenvalue weighted by atomic mass is 9.78. The van der Waals surface area contributed by atoms with Gasteiger partial charge in [0.15, 0.2) is 0 Å². The van der Waals surface area contributed by atoms with Gasteiger partial charge in [0, 0.05) is 0 Å². The Morgan fingerprint density at radius 3 is 2.29 bits per heavy atom. The molecule has 0 aliphatic carbocycles. The molecule has 0 amide bonds. The molecule has 78 valence electrons. The van der Waals surface area contributed by atoms with Gasteiger partial charge in [-0.2, -0.15) is 0 Å². The molecule has 0 nitrogen and oxygen atoms in total. The highest BCUT2D eigenvalue weighted by Gasteiger charge is 2.22. The van der Waals surface area contributed by atoms with Crippen molar-refractivity contribution in [1.29, 1.82) is 0 Å². The van der Waals surface area contributed by atoms with E-state index in [2.05, 4.69) is 20.8 Å². The van der Waals surface area contributed by atoms with Gasteiger partial charge in [-0.1, -0.05) is 38.4 Å². The van der Waals surface area contributed by atoms with E-state index in [1.54, 1.807) is 6.07 Å². The van der Waals surface area contributed by atoms with Gasteiger partial charge in [0.25, 0.3) is 0 Å². The van der Waals surface area contributed by atoms with Crippen LogP contribution < -0.4 is 0 Å². The second-order valence-corrected chi connectivity index (χ2v) is 4.30. The van der Waals surface area contributed by atoms with Gasteiger partial charge in [-0.15, -0.1) is 0 Å². The molecule has 2 heteroatoms. The van der Waals surface area contributed by atoms with Crippen LogP contribution in [0.25, 0.3) is 0 Å². The Hall–Kier alpha value is -0.560. The van der Waals surface area contributed by atoms with E-state index in [0.717, 1.165) is 18.4 Å². The van der Waals surface area contributed by atoms with E-state index in [1.807, 2.05) is 6.07 Å². The predicted octanol–water partition coefficient (Wildman–Crippen LogP) is 4.56. The summed E-state index contributed by atoms with van der Waals surface area (Å²) in [6, 6.07) is 5.01. The molecule has 0 fully saturated rings. The molecule has 1 aromatic rings. The maximum Gasteiger partial charge on any atom is 0.141 e. The SMILES string of the molecule is CCC(C)(CC)c1ccc(F)c(Cl)c1. The normalized spacial score (nSPS) is 11.8. The van der Waals surface area contributed by atoms with Gasteiger partial charge in [0.05, 0.1) is 5.02 Å². The first-order chi connectivity index (χ1) is 6.53. The zero-order valence-corrected chi connectivity index (χ0v) is 9.66. The summed E-state index contributed by atoms with van der Waals surface area (Å²) >= 11 is 5.76. The van der Waals surface area contributed by atoms with E-state index in [-0.39, 0.29) is 16.3 Å². The Labute approximate surface area is 90.1 Å². The maximum absolute atomic E-state index is 13.0. The summed E-state index contributed by atoms with van der Waals surface area (Å²) in [4.78, 5) is 0. The van der Waals surface area contributed by atoms with Crippen LogP contribution in [-0.2, 0) is 5.41 Å². The highest BCUT2D eigenvalue weighted by Crippen LogP contribution is 2.32. The Kier molecular flexibility index (Phi) is 3.54. The number of hydrogen-bond acceptors (Lipinski definition) is 0. The van der Waals surface area contributed by atoms with Crippen molar-refractivity contribution >= 4 is 11.6 Å². The summed E-state index contributed by atoms with van der Waals surface area (Å²) in [6.45, 7) is 6.46. The maximum atomic E-state index is 13.0. The molecule has 0 radical (unpaired) electrons. The third-order valence-corrected chi connectivity index (χ3v) is 3.47. The van der Waals surface area contributed by atoms with Gasteiger partial charge < -0.3 is 0 Å². The Morgan fingerprint density at radius 2 is 1.86 bits per heavy atom. The van der Waals surface area contributed by atoms with Gasteiger partial charge >= 0.3 is 0 Å². The van der Waals surface area contributed by atoms with Crippen molar-refractivity contribution in [2.24, 2.45) is 0 Å². The molecule has 1 rings (SSSR count). The van der Waals surface area contributed by atoms with Gasteiger partial charge in [-0.3, -0.25) is 0 Å². The van der Waals surface area contributed by atoms with Crippen molar-refractivity contribution in [2.45, 2.75) is 39.0 Å². The molecule has 0 aliphatic heterocycles. The van der Waals surface area contributed by atoms with Crippen LogP contribution in [0, 0.1) is 5.82 Å². The zero-order chi connectivity index (χ0) is 10.8. The highest BCUT2D eigenvalue weighted by atomic mass is 35.5. The number of rotatable bonds is 3. The first-order valence-electron chi connectivity index (χ1n) is 4.99. The lowest BCUT2D eigenvalue weighted by molar-refractivity contribution is 0.438. The van der Waals surface area contributed by atoms with Crippen LogP contribution in [0.3, 0.4) is 0 Å². The van der Waals surface area contributed by atoms with E-state index in [9.17, 15) is 4.39 Å². The second-order valence-electron chi connectivity index (χ2n) is 3.90. The standard InChI is InChI=1S/C12H16ClF/c1-4-12(3,5-2)9-6-7-11(14)10(13)8-9/h6-8H,4-5H2,1-3H3. The molecular weight excluding hydrogens is 199 g/mol. The lowest BCUT2D eigenvalue weighted by Gasteiger charge is -2.27. The molecule has 14 heavy (non-hydrogen) atoms. The van der Waals surface area contributed by atoms with E-state index in [0.29, 0.717) is 0 Å². The molecule has 0 unspecified atom stereocenters. The summed E-state index contributed by atoms with van der Waals surface area (Å²) < 4.78 is 13.0. The smallest absolute Gasteiger partial charge is 0.141 e. The Morgan fingerprint density at radius 1 is 1.29 bits per heavy atom. The van der Waals surface area contributed by atoms with Crippen LogP contribution in [0.15, 0.2) is 18.2 Å². The number of hydrogen-bond donors (Lipinski definition) is 0. The fraction of sp³-hybridized carbons (Fsp3) is 0.500. The second kappa shape index (κ2) is 4.31. The van der Waals surface area contributed by atoms with Gasteiger partial charge in [-0.25, -0.2) is 4.39 Å². The van der Waals surface area contributed by atoms with Crippen molar-refractivity contribution in [3.8, 4) is 0 Å². The molecular formula is C12H16ClF. The van der Waals surface area contributed by atoms with Gasteiger partial charge in [0.2, 0.25) is 0 Å². The fourth-order valence-electron chi connectivity index (χ4n) is 1.53. The van der Waals surface area contributed by atoms with Crippen LogP contribution in [0.1, 0.15) is 39.2 Å². The van der Waals surface area contributed by atoms with E-state index >= 15 is 0 Å². The summed E-state index contributed by atoms with van der Waals surface area (Å²) in [7, 11) is 0. The van der Waals surface area contributed by atoms with Crippen LogP contribution in [0.4, 0.5) is 4.39 Å². The molecule has 0 bridgehead atoms. The Balaban J connectivity index is 3.12. The molecule has 0 aliphatic rings. The van der Waals surface area contributed by atoms with Gasteiger partial charge in [0.1, 0.15) is 5.82 Å². The minimum atomic E-state index is -0.343.